The molecule has 2 aromatic carbocycles. The molecule has 0 saturated heterocycles. The van der Waals surface area contributed by atoms with Crippen LogP contribution >= 0.6 is 15.9 Å². The largest absolute Gasteiger partial charge is 0.497 e. The molecule has 0 aliphatic rings. The standard InChI is InChI=1S/C20H21BrO6/c1-12(20(23)13-5-7-15(24-2)8-6-13)27-19(22)10-14-9-17(25-3)18(26-4)11-16(14)21/h5-9,11-12H,10H2,1-4H3. The molecule has 0 aromatic heterocycles. The van der Waals surface area contributed by atoms with Crippen molar-refractivity contribution in [1.29, 1.82) is 0 Å². The third-order valence-corrected chi connectivity index (χ3v) is 4.68. The van der Waals surface area contributed by atoms with Crippen molar-refractivity contribution in [3.63, 3.8) is 0 Å². The summed E-state index contributed by atoms with van der Waals surface area (Å²) >= 11 is 3.40. The smallest absolute Gasteiger partial charge is 0.311 e. The predicted octanol–water partition coefficient (Wildman–Crippen LogP) is 3.83. The van der Waals surface area contributed by atoms with Crippen molar-refractivity contribution in [3.05, 3.63) is 52.0 Å². The first-order chi connectivity index (χ1) is 12.9. The average Bonchev–Trinajstić information content (AvgIpc) is 2.68. The molecule has 0 saturated carbocycles. The van der Waals surface area contributed by atoms with Gasteiger partial charge in [-0.25, -0.2) is 0 Å². The fraction of sp³-hybridized carbons (Fsp3) is 0.300. The first-order valence-electron chi connectivity index (χ1n) is 8.17. The van der Waals surface area contributed by atoms with E-state index in [2.05, 4.69) is 15.9 Å². The van der Waals surface area contributed by atoms with Gasteiger partial charge >= 0.3 is 5.97 Å². The van der Waals surface area contributed by atoms with Gasteiger partial charge in [-0.05, 0) is 48.9 Å². The minimum Gasteiger partial charge on any atom is -0.497 e. The predicted molar refractivity (Wildman–Crippen MR) is 104 cm³/mol. The van der Waals surface area contributed by atoms with Gasteiger partial charge in [0.2, 0.25) is 5.78 Å². The number of rotatable bonds is 8. The van der Waals surface area contributed by atoms with Crippen LogP contribution in [0, 0.1) is 0 Å². The molecule has 0 amide bonds. The van der Waals surface area contributed by atoms with Gasteiger partial charge in [0.25, 0.3) is 0 Å². The molecular formula is C20H21BrO6. The average molecular weight is 437 g/mol. The minimum absolute atomic E-state index is 0.0127. The maximum atomic E-state index is 12.4. The number of carbonyl (C=O) groups is 2. The summed E-state index contributed by atoms with van der Waals surface area (Å²) in [6, 6.07) is 10.0. The third kappa shape index (κ3) is 5.23. The summed E-state index contributed by atoms with van der Waals surface area (Å²) in [6.07, 6.45) is -0.911. The van der Waals surface area contributed by atoms with Gasteiger partial charge in [-0.15, -0.1) is 0 Å². The minimum atomic E-state index is -0.898. The van der Waals surface area contributed by atoms with E-state index in [4.69, 9.17) is 18.9 Å². The molecule has 6 nitrogen and oxygen atoms in total. The van der Waals surface area contributed by atoms with E-state index >= 15 is 0 Å². The van der Waals surface area contributed by atoms with Crippen LogP contribution in [0.1, 0.15) is 22.8 Å². The highest BCUT2D eigenvalue weighted by Gasteiger charge is 2.21. The second-order valence-corrected chi connectivity index (χ2v) is 6.55. The van der Waals surface area contributed by atoms with Gasteiger partial charge in [0.1, 0.15) is 5.75 Å². The van der Waals surface area contributed by atoms with Gasteiger partial charge in [-0.1, -0.05) is 15.9 Å². The summed E-state index contributed by atoms with van der Waals surface area (Å²) < 4.78 is 21.5. The topological polar surface area (TPSA) is 71.1 Å². The number of ketones is 1. The van der Waals surface area contributed by atoms with Crippen molar-refractivity contribution >= 4 is 27.7 Å². The highest BCUT2D eigenvalue weighted by molar-refractivity contribution is 9.10. The lowest BCUT2D eigenvalue weighted by molar-refractivity contribution is -0.145. The normalized spacial score (nSPS) is 11.4. The number of Topliss-reactive ketones (excluding diaryl/α,β-unsaturated/α-hetero) is 1. The number of halogens is 1. The summed E-state index contributed by atoms with van der Waals surface area (Å²) in [6.45, 7) is 1.55. The van der Waals surface area contributed by atoms with E-state index in [9.17, 15) is 9.59 Å². The van der Waals surface area contributed by atoms with Crippen molar-refractivity contribution in [2.45, 2.75) is 19.4 Å². The Bertz CT molecular complexity index is 816. The molecule has 2 aromatic rings. The van der Waals surface area contributed by atoms with E-state index < -0.39 is 12.1 Å². The molecule has 1 atom stereocenters. The zero-order chi connectivity index (χ0) is 20.0. The maximum Gasteiger partial charge on any atom is 0.311 e. The highest BCUT2D eigenvalue weighted by Crippen LogP contribution is 2.33. The lowest BCUT2D eigenvalue weighted by atomic mass is 10.1. The number of hydrogen-bond acceptors (Lipinski definition) is 6. The molecule has 0 radical (unpaired) electrons. The SMILES string of the molecule is COc1ccc(C(=O)C(C)OC(=O)Cc2cc(OC)c(OC)cc2Br)cc1. The summed E-state index contributed by atoms with van der Waals surface area (Å²) in [5, 5.41) is 0. The molecule has 0 fully saturated rings. The molecule has 0 aliphatic heterocycles. The number of hydrogen-bond donors (Lipinski definition) is 0. The highest BCUT2D eigenvalue weighted by atomic mass is 79.9. The Morgan fingerprint density at radius 2 is 1.56 bits per heavy atom. The molecule has 0 heterocycles. The summed E-state index contributed by atoms with van der Waals surface area (Å²) in [5.41, 5.74) is 1.12. The van der Waals surface area contributed by atoms with Crippen LogP contribution in [0.4, 0.5) is 0 Å². The van der Waals surface area contributed by atoms with Crippen LogP contribution < -0.4 is 14.2 Å². The van der Waals surface area contributed by atoms with E-state index in [0.29, 0.717) is 32.8 Å². The van der Waals surface area contributed by atoms with Crippen molar-refractivity contribution in [1.82, 2.24) is 0 Å². The van der Waals surface area contributed by atoms with Crippen LogP contribution in [0.3, 0.4) is 0 Å². The molecule has 2 rings (SSSR count). The molecule has 0 aliphatic carbocycles. The zero-order valence-electron chi connectivity index (χ0n) is 15.6. The quantitative estimate of drug-likeness (QED) is 0.462. The van der Waals surface area contributed by atoms with Crippen LogP contribution in [0.2, 0.25) is 0 Å². The van der Waals surface area contributed by atoms with Crippen LogP contribution in [-0.4, -0.2) is 39.2 Å². The Morgan fingerprint density at radius 3 is 2.11 bits per heavy atom. The second kappa shape index (κ2) is 9.41. The first kappa shape index (κ1) is 20.8. The van der Waals surface area contributed by atoms with E-state index in [0.717, 1.165) is 0 Å². The van der Waals surface area contributed by atoms with E-state index in [1.54, 1.807) is 50.4 Å². The molecule has 0 bridgehead atoms. The van der Waals surface area contributed by atoms with Gasteiger partial charge in [-0.2, -0.15) is 0 Å². The van der Waals surface area contributed by atoms with Gasteiger partial charge in [0, 0.05) is 10.0 Å². The van der Waals surface area contributed by atoms with E-state index in [1.165, 1.54) is 14.2 Å². The molecule has 0 N–H and O–H groups in total. The number of ether oxygens (including phenoxy) is 4. The van der Waals surface area contributed by atoms with Gasteiger partial charge in [0.05, 0.1) is 27.8 Å². The molecule has 27 heavy (non-hydrogen) atoms. The van der Waals surface area contributed by atoms with Gasteiger partial charge in [-0.3, -0.25) is 9.59 Å². The zero-order valence-corrected chi connectivity index (χ0v) is 17.2. The Hall–Kier alpha value is -2.54. The van der Waals surface area contributed by atoms with Crippen molar-refractivity contribution in [2.24, 2.45) is 0 Å². The Balaban J connectivity index is 2.05. The van der Waals surface area contributed by atoms with E-state index in [1.807, 2.05) is 0 Å². The van der Waals surface area contributed by atoms with Crippen LogP contribution in [0.15, 0.2) is 40.9 Å². The van der Waals surface area contributed by atoms with Gasteiger partial charge < -0.3 is 18.9 Å². The molecule has 0 spiro atoms. The van der Waals surface area contributed by atoms with Crippen molar-refractivity contribution in [3.8, 4) is 17.2 Å². The van der Waals surface area contributed by atoms with Crippen LogP contribution in [0.5, 0.6) is 17.2 Å². The Kier molecular flexibility index (Phi) is 7.24. The van der Waals surface area contributed by atoms with Crippen LogP contribution in [0.25, 0.3) is 0 Å². The monoisotopic (exact) mass is 436 g/mol. The molecular weight excluding hydrogens is 416 g/mol. The number of methoxy groups -OCH3 is 3. The lowest BCUT2D eigenvalue weighted by Crippen LogP contribution is -2.25. The Labute approximate surface area is 166 Å². The van der Waals surface area contributed by atoms with Crippen molar-refractivity contribution < 1.29 is 28.5 Å². The number of carbonyl (C=O) groups excluding carboxylic acids is 2. The fourth-order valence-electron chi connectivity index (χ4n) is 2.47. The summed E-state index contributed by atoms with van der Waals surface area (Å²) in [4.78, 5) is 24.7. The molecule has 1 unspecified atom stereocenters. The van der Waals surface area contributed by atoms with E-state index in [-0.39, 0.29) is 12.2 Å². The third-order valence-electron chi connectivity index (χ3n) is 3.94. The summed E-state index contributed by atoms with van der Waals surface area (Å²) in [5.74, 6) is 0.902. The van der Waals surface area contributed by atoms with Crippen molar-refractivity contribution in [2.75, 3.05) is 21.3 Å². The van der Waals surface area contributed by atoms with Crippen LogP contribution in [-0.2, 0) is 16.0 Å². The molecule has 144 valence electrons. The number of esters is 1. The second-order valence-electron chi connectivity index (χ2n) is 5.70. The first-order valence-corrected chi connectivity index (χ1v) is 8.97. The Morgan fingerprint density at radius 1 is 0.963 bits per heavy atom. The summed E-state index contributed by atoms with van der Waals surface area (Å²) in [7, 11) is 4.60. The number of benzene rings is 2. The maximum absolute atomic E-state index is 12.4. The fourth-order valence-corrected chi connectivity index (χ4v) is 2.93. The molecule has 7 heteroatoms. The lowest BCUT2D eigenvalue weighted by Gasteiger charge is -2.14. The van der Waals surface area contributed by atoms with Gasteiger partial charge in [0.15, 0.2) is 17.6 Å².